The molecule has 22 heavy (non-hydrogen) atoms. The number of halogens is 1. The largest absolute Gasteiger partial charge is 0.355 e. The molecule has 0 aromatic heterocycles. The van der Waals surface area contributed by atoms with Crippen molar-refractivity contribution >= 4 is 31.9 Å². The number of carbonyl (C=O) groups is 1. The van der Waals surface area contributed by atoms with Crippen molar-refractivity contribution in [1.29, 1.82) is 0 Å². The Labute approximate surface area is 140 Å². The minimum Gasteiger partial charge on any atom is -0.355 e. The Morgan fingerprint density at radius 2 is 1.95 bits per heavy atom. The van der Waals surface area contributed by atoms with Crippen LogP contribution in [0.2, 0.25) is 0 Å². The first kappa shape index (κ1) is 17.4. The standard InChI is InChI=1S/C15H21BrN2O3S/c16-13-7-4-8-14(9-13)22(20,21)18-11-15(19)17-10-12-5-2-1-3-6-12/h4,7-9,12,18H,1-3,5-6,10-11H2,(H,17,19). The molecule has 5 nitrogen and oxygen atoms in total. The van der Waals surface area contributed by atoms with Crippen molar-refractivity contribution in [2.45, 2.75) is 37.0 Å². The second-order valence-electron chi connectivity index (χ2n) is 5.59. The van der Waals surface area contributed by atoms with Crippen molar-refractivity contribution in [3.05, 3.63) is 28.7 Å². The van der Waals surface area contributed by atoms with Gasteiger partial charge in [0, 0.05) is 11.0 Å². The summed E-state index contributed by atoms with van der Waals surface area (Å²) in [6.45, 7) is 0.402. The average molecular weight is 389 g/mol. The number of hydrogen-bond acceptors (Lipinski definition) is 3. The van der Waals surface area contributed by atoms with E-state index in [1.54, 1.807) is 12.1 Å². The fraction of sp³-hybridized carbons (Fsp3) is 0.533. The molecule has 1 amide bonds. The van der Waals surface area contributed by atoms with Crippen LogP contribution in [-0.4, -0.2) is 27.4 Å². The van der Waals surface area contributed by atoms with Crippen molar-refractivity contribution in [3.63, 3.8) is 0 Å². The summed E-state index contributed by atoms with van der Waals surface area (Å²) in [5, 5.41) is 2.81. The monoisotopic (exact) mass is 388 g/mol. The van der Waals surface area contributed by atoms with E-state index in [0.29, 0.717) is 16.9 Å². The van der Waals surface area contributed by atoms with Crippen LogP contribution in [-0.2, 0) is 14.8 Å². The van der Waals surface area contributed by atoms with E-state index >= 15 is 0 Å². The normalized spacial score (nSPS) is 16.4. The van der Waals surface area contributed by atoms with Gasteiger partial charge >= 0.3 is 0 Å². The molecule has 1 aliphatic carbocycles. The molecule has 7 heteroatoms. The molecule has 2 rings (SSSR count). The van der Waals surface area contributed by atoms with E-state index in [4.69, 9.17) is 0 Å². The molecule has 0 radical (unpaired) electrons. The lowest BCUT2D eigenvalue weighted by atomic mass is 9.89. The van der Waals surface area contributed by atoms with Crippen molar-refractivity contribution in [2.24, 2.45) is 5.92 Å². The predicted octanol–water partition coefficient (Wildman–Crippen LogP) is 2.42. The van der Waals surface area contributed by atoms with E-state index in [0.717, 1.165) is 12.8 Å². The summed E-state index contributed by atoms with van der Waals surface area (Å²) in [5.74, 6) is 0.239. The summed E-state index contributed by atoms with van der Waals surface area (Å²) < 4.78 is 27.2. The number of amides is 1. The molecule has 0 unspecified atom stereocenters. The Hall–Kier alpha value is -0.920. The van der Waals surface area contributed by atoms with E-state index < -0.39 is 10.0 Å². The van der Waals surface area contributed by atoms with Crippen LogP contribution in [0, 0.1) is 5.92 Å². The van der Waals surface area contributed by atoms with Gasteiger partial charge in [0.25, 0.3) is 0 Å². The van der Waals surface area contributed by atoms with E-state index in [2.05, 4.69) is 26.0 Å². The Bertz CT molecular complexity index is 613. The van der Waals surface area contributed by atoms with Gasteiger partial charge in [-0.3, -0.25) is 4.79 Å². The maximum absolute atomic E-state index is 12.1. The van der Waals surface area contributed by atoms with Gasteiger partial charge in [-0.25, -0.2) is 13.1 Å². The van der Waals surface area contributed by atoms with Gasteiger partial charge in [-0.2, -0.15) is 0 Å². The summed E-state index contributed by atoms with van der Waals surface area (Å²) in [4.78, 5) is 11.9. The molecule has 0 aliphatic heterocycles. The SMILES string of the molecule is O=C(CNS(=O)(=O)c1cccc(Br)c1)NCC1CCCCC1. The van der Waals surface area contributed by atoms with E-state index in [1.165, 1.54) is 31.4 Å². The topological polar surface area (TPSA) is 75.3 Å². The van der Waals surface area contributed by atoms with Crippen LogP contribution >= 0.6 is 15.9 Å². The third-order valence-electron chi connectivity index (χ3n) is 3.84. The van der Waals surface area contributed by atoms with Gasteiger partial charge in [-0.05, 0) is 37.0 Å². The molecule has 1 fully saturated rings. The second kappa shape index (κ2) is 8.08. The zero-order chi connectivity index (χ0) is 16.0. The highest BCUT2D eigenvalue weighted by molar-refractivity contribution is 9.10. The zero-order valence-electron chi connectivity index (χ0n) is 12.3. The highest BCUT2D eigenvalue weighted by Crippen LogP contribution is 2.22. The first-order chi connectivity index (χ1) is 10.5. The van der Waals surface area contributed by atoms with Gasteiger partial charge < -0.3 is 5.32 Å². The number of sulfonamides is 1. The van der Waals surface area contributed by atoms with Gasteiger partial charge in [0.2, 0.25) is 15.9 Å². The molecule has 0 saturated heterocycles. The van der Waals surface area contributed by atoms with Crippen LogP contribution in [0.4, 0.5) is 0 Å². The molecule has 1 aromatic rings. The zero-order valence-corrected chi connectivity index (χ0v) is 14.7. The fourth-order valence-corrected chi connectivity index (χ4v) is 4.17. The lowest BCUT2D eigenvalue weighted by molar-refractivity contribution is -0.120. The van der Waals surface area contributed by atoms with Crippen LogP contribution in [0.15, 0.2) is 33.6 Å². The number of rotatable bonds is 6. The third kappa shape index (κ3) is 5.37. The van der Waals surface area contributed by atoms with Crippen LogP contribution in [0.25, 0.3) is 0 Å². The molecule has 0 atom stereocenters. The van der Waals surface area contributed by atoms with Gasteiger partial charge in [0.15, 0.2) is 0 Å². The second-order valence-corrected chi connectivity index (χ2v) is 8.27. The maximum Gasteiger partial charge on any atom is 0.241 e. The summed E-state index contributed by atoms with van der Waals surface area (Å²) in [6, 6.07) is 6.38. The Balaban J connectivity index is 1.79. The van der Waals surface area contributed by atoms with Crippen molar-refractivity contribution < 1.29 is 13.2 Å². The number of hydrogen-bond donors (Lipinski definition) is 2. The van der Waals surface area contributed by atoms with Crippen LogP contribution in [0.5, 0.6) is 0 Å². The van der Waals surface area contributed by atoms with Crippen molar-refractivity contribution in [3.8, 4) is 0 Å². The van der Waals surface area contributed by atoms with Crippen LogP contribution < -0.4 is 10.0 Å². The Morgan fingerprint density at radius 1 is 1.23 bits per heavy atom. The quantitative estimate of drug-likeness (QED) is 0.785. The van der Waals surface area contributed by atoms with E-state index in [1.807, 2.05) is 0 Å². The van der Waals surface area contributed by atoms with Gasteiger partial charge in [0.1, 0.15) is 0 Å². The summed E-state index contributed by atoms with van der Waals surface area (Å²) in [7, 11) is -3.66. The molecule has 1 saturated carbocycles. The van der Waals surface area contributed by atoms with Gasteiger partial charge in [-0.1, -0.05) is 41.3 Å². The van der Waals surface area contributed by atoms with Crippen molar-refractivity contribution in [1.82, 2.24) is 10.0 Å². The van der Waals surface area contributed by atoms with E-state index in [-0.39, 0.29) is 17.3 Å². The minimum absolute atomic E-state index is 0.141. The number of benzene rings is 1. The molecular formula is C15H21BrN2O3S. The average Bonchev–Trinajstić information content (AvgIpc) is 2.52. The number of carbonyl (C=O) groups excluding carboxylic acids is 1. The highest BCUT2D eigenvalue weighted by Gasteiger charge is 2.17. The summed E-state index contributed by atoms with van der Waals surface area (Å²) in [5.41, 5.74) is 0. The molecule has 122 valence electrons. The first-order valence-corrected chi connectivity index (χ1v) is 9.77. The van der Waals surface area contributed by atoms with Crippen LogP contribution in [0.1, 0.15) is 32.1 Å². The lowest BCUT2D eigenvalue weighted by Crippen LogP contribution is -2.39. The molecular weight excluding hydrogens is 368 g/mol. The lowest BCUT2D eigenvalue weighted by Gasteiger charge is -2.21. The highest BCUT2D eigenvalue weighted by atomic mass is 79.9. The van der Waals surface area contributed by atoms with Crippen molar-refractivity contribution in [2.75, 3.05) is 13.1 Å². The molecule has 1 aromatic carbocycles. The smallest absolute Gasteiger partial charge is 0.241 e. The fourth-order valence-electron chi connectivity index (χ4n) is 2.59. The summed E-state index contributed by atoms with van der Waals surface area (Å²) in [6.07, 6.45) is 6.00. The van der Waals surface area contributed by atoms with Gasteiger partial charge in [0.05, 0.1) is 11.4 Å². The molecule has 1 aliphatic rings. The Kier molecular flexibility index (Phi) is 6.40. The summed E-state index contributed by atoms with van der Waals surface area (Å²) >= 11 is 3.23. The third-order valence-corrected chi connectivity index (χ3v) is 5.73. The van der Waals surface area contributed by atoms with E-state index in [9.17, 15) is 13.2 Å². The Morgan fingerprint density at radius 3 is 2.64 bits per heavy atom. The number of nitrogens with one attached hydrogen (secondary N) is 2. The molecule has 0 heterocycles. The van der Waals surface area contributed by atoms with Crippen LogP contribution in [0.3, 0.4) is 0 Å². The molecule has 2 N–H and O–H groups in total. The molecule has 0 spiro atoms. The maximum atomic E-state index is 12.1. The minimum atomic E-state index is -3.66. The predicted molar refractivity (Wildman–Crippen MR) is 88.9 cm³/mol. The first-order valence-electron chi connectivity index (χ1n) is 7.49. The molecule has 0 bridgehead atoms. The van der Waals surface area contributed by atoms with Gasteiger partial charge in [-0.15, -0.1) is 0 Å².